The summed E-state index contributed by atoms with van der Waals surface area (Å²) in [6, 6.07) is 7.58. The highest BCUT2D eigenvalue weighted by Gasteiger charge is 2.19. The summed E-state index contributed by atoms with van der Waals surface area (Å²) in [5, 5.41) is 22.2. The Balaban J connectivity index is 2.26. The maximum Gasteiger partial charge on any atom is 0.274 e. The first-order chi connectivity index (χ1) is 11.1. The molecule has 7 heteroatoms. The smallest absolute Gasteiger partial charge is 0.274 e. The monoisotopic (exact) mass is 321 g/mol. The van der Waals surface area contributed by atoms with Crippen LogP contribution < -0.4 is 0 Å². The first kappa shape index (κ1) is 17.1. The van der Waals surface area contributed by atoms with Gasteiger partial charge in [-0.1, -0.05) is 6.07 Å². The van der Waals surface area contributed by atoms with E-state index in [0.717, 1.165) is 0 Å². The van der Waals surface area contributed by atoms with Crippen LogP contribution in [0, 0.1) is 12.7 Å². The van der Waals surface area contributed by atoms with E-state index in [-0.39, 0.29) is 37.2 Å². The van der Waals surface area contributed by atoms with Crippen molar-refractivity contribution >= 4 is 5.91 Å². The van der Waals surface area contributed by atoms with Crippen molar-refractivity contribution in [2.75, 3.05) is 26.3 Å². The number of hydrogen-bond donors (Lipinski definition) is 2. The van der Waals surface area contributed by atoms with Crippen molar-refractivity contribution in [2.24, 2.45) is 0 Å². The molecular formula is C16H20FN3O3. The van der Waals surface area contributed by atoms with E-state index >= 15 is 0 Å². The van der Waals surface area contributed by atoms with Crippen LogP contribution in [0.3, 0.4) is 0 Å². The summed E-state index contributed by atoms with van der Waals surface area (Å²) in [7, 11) is 0. The molecule has 0 unspecified atom stereocenters. The fraction of sp³-hybridized carbons (Fsp3) is 0.375. The number of halogens is 1. The Bertz CT molecular complexity index is 672. The highest BCUT2D eigenvalue weighted by atomic mass is 19.1. The molecule has 0 aliphatic carbocycles. The lowest BCUT2D eigenvalue weighted by Crippen LogP contribution is -2.35. The Hall–Kier alpha value is -2.25. The summed E-state index contributed by atoms with van der Waals surface area (Å²) in [6.45, 7) is 2.08. The third kappa shape index (κ3) is 4.14. The molecule has 1 heterocycles. The molecule has 2 rings (SSSR count). The minimum Gasteiger partial charge on any atom is -0.396 e. The quantitative estimate of drug-likeness (QED) is 0.801. The van der Waals surface area contributed by atoms with Crippen LogP contribution in [0.25, 0.3) is 5.69 Å². The van der Waals surface area contributed by atoms with E-state index in [2.05, 4.69) is 5.10 Å². The van der Waals surface area contributed by atoms with Crippen molar-refractivity contribution < 1.29 is 19.4 Å². The zero-order valence-electron chi connectivity index (χ0n) is 12.9. The molecule has 23 heavy (non-hydrogen) atoms. The van der Waals surface area contributed by atoms with Gasteiger partial charge in [0.05, 0.1) is 12.3 Å². The van der Waals surface area contributed by atoms with Crippen LogP contribution in [-0.2, 0) is 0 Å². The molecule has 6 nitrogen and oxygen atoms in total. The average Bonchev–Trinajstić information content (AvgIpc) is 2.92. The van der Waals surface area contributed by atoms with Crippen LogP contribution in [0.15, 0.2) is 30.3 Å². The number of benzene rings is 1. The van der Waals surface area contributed by atoms with E-state index in [1.807, 2.05) is 0 Å². The van der Waals surface area contributed by atoms with E-state index in [0.29, 0.717) is 24.3 Å². The molecule has 2 N–H and O–H groups in total. The van der Waals surface area contributed by atoms with E-state index in [1.165, 1.54) is 21.7 Å². The van der Waals surface area contributed by atoms with Crippen molar-refractivity contribution in [3.63, 3.8) is 0 Å². The molecular weight excluding hydrogens is 301 g/mol. The predicted octanol–water partition coefficient (Wildman–Crippen LogP) is 1.14. The summed E-state index contributed by atoms with van der Waals surface area (Å²) < 4.78 is 14.8. The Morgan fingerprint density at radius 3 is 2.70 bits per heavy atom. The molecule has 0 aliphatic rings. The minimum absolute atomic E-state index is 0.0357. The first-order valence-electron chi connectivity index (χ1n) is 7.40. The van der Waals surface area contributed by atoms with Gasteiger partial charge in [0, 0.05) is 25.4 Å². The second-order valence-corrected chi connectivity index (χ2v) is 5.16. The largest absolute Gasteiger partial charge is 0.396 e. The van der Waals surface area contributed by atoms with Gasteiger partial charge in [-0.2, -0.15) is 5.10 Å². The second-order valence-electron chi connectivity index (χ2n) is 5.16. The lowest BCUT2D eigenvalue weighted by Gasteiger charge is -2.20. The van der Waals surface area contributed by atoms with E-state index < -0.39 is 0 Å². The van der Waals surface area contributed by atoms with Crippen molar-refractivity contribution in [3.8, 4) is 5.69 Å². The van der Waals surface area contributed by atoms with Gasteiger partial charge in [0.2, 0.25) is 0 Å². The molecule has 0 aliphatic heterocycles. The van der Waals surface area contributed by atoms with Gasteiger partial charge in [0.15, 0.2) is 5.69 Å². The Labute approximate surface area is 133 Å². The fourth-order valence-corrected chi connectivity index (χ4v) is 2.31. The van der Waals surface area contributed by atoms with Crippen molar-refractivity contribution in [1.29, 1.82) is 0 Å². The molecule has 1 amide bonds. The lowest BCUT2D eigenvalue weighted by atomic mass is 10.3. The number of aryl methyl sites for hydroxylation is 1. The van der Waals surface area contributed by atoms with E-state index in [1.54, 1.807) is 25.1 Å². The van der Waals surface area contributed by atoms with Crippen LogP contribution in [0.5, 0.6) is 0 Å². The molecule has 0 bridgehead atoms. The minimum atomic E-state index is -0.380. The highest BCUT2D eigenvalue weighted by molar-refractivity contribution is 5.92. The standard InChI is InChI=1S/C16H20FN3O3/c1-12-10-15(16(23)19(7-9-22)6-3-8-21)18-20(12)14-5-2-4-13(17)11-14/h2,4-5,10-11,21-22H,3,6-9H2,1H3. The van der Waals surface area contributed by atoms with E-state index in [4.69, 9.17) is 10.2 Å². The molecule has 0 atom stereocenters. The molecule has 0 spiro atoms. The maximum atomic E-state index is 13.4. The fourth-order valence-electron chi connectivity index (χ4n) is 2.31. The summed E-state index contributed by atoms with van der Waals surface area (Å²) in [6.07, 6.45) is 0.426. The maximum absolute atomic E-state index is 13.4. The van der Waals surface area contributed by atoms with Gasteiger partial charge in [0.25, 0.3) is 5.91 Å². The molecule has 1 aromatic carbocycles. The number of aliphatic hydroxyl groups excluding tert-OH is 2. The Morgan fingerprint density at radius 1 is 1.26 bits per heavy atom. The number of amides is 1. The number of carbonyl (C=O) groups excluding carboxylic acids is 1. The summed E-state index contributed by atoms with van der Waals surface area (Å²) in [4.78, 5) is 13.9. The third-order valence-corrected chi connectivity index (χ3v) is 3.40. The second kappa shape index (κ2) is 7.85. The zero-order valence-corrected chi connectivity index (χ0v) is 12.9. The SMILES string of the molecule is Cc1cc(C(=O)N(CCO)CCCO)nn1-c1cccc(F)c1. The zero-order chi connectivity index (χ0) is 16.8. The number of nitrogens with zero attached hydrogens (tertiary/aromatic N) is 3. The average molecular weight is 321 g/mol. The molecule has 1 aromatic heterocycles. The van der Waals surface area contributed by atoms with Gasteiger partial charge in [-0.15, -0.1) is 0 Å². The third-order valence-electron chi connectivity index (χ3n) is 3.40. The Kier molecular flexibility index (Phi) is 5.84. The molecule has 0 radical (unpaired) electrons. The molecule has 2 aromatic rings. The van der Waals surface area contributed by atoms with Gasteiger partial charge >= 0.3 is 0 Å². The molecule has 0 saturated carbocycles. The number of aliphatic hydroxyl groups is 2. The van der Waals surface area contributed by atoms with Gasteiger partial charge in [-0.05, 0) is 37.6 Å². The van der Waals surface area contributed by atoms with Crippen molar-refractivity contribution in [2.45, 2.75) is 13.3 Å². The van der Waals surface area contributed by atoms with Gasteiger partial charge in [0.1, 0.15) is 5.82 Å². The van der Waals surface area contributed by atoms with Crippen molar-refractivity contribution in [1.82, 2.24) is 14.7 Å². The van der Waals surface area contributed by atoms with Crippen LogP contribution >= 0.6 is 0 Å². The van der Waals surface area contributed by atoms with Crippen LogP contribution in [0.4, 0.5) is 4.39 Å². The Morgan fingerprint density at radius 2 is 2.04 bits per heavy atom. The number of aromatic nitrogens is 2. The molecule has 0 fully saturated rings. The predicted molar refractivity (Wildman–Crippen MR) is 83.0 cm³/mol. The number of hydrogen-bond acceptors (Lipinski definition) is 4. The van der Waals surface area contributed by atoms with Gasteiger partial charge < -0.3 is 15.1 Å². The van der Waals surface area contributed by atoms with Gasteiger partial charge in [-0.3, -0.25) is 4.79 Å². The molecule has 0 saturated heterocycles. The normalized spacial score (nSPS) is 10.8. The lowest BCUT2D eigenvalue weighted by molar-refractivity contribution is 0.0703. The van der Waals surface area contributed by atoms with Crippen LogP contribution in [0.1, 0.15) is 22.6 Å². The number of carbonyl (C=O) groups is 1. The highest BCUT2D eigenvalue weighted by Crippen LogP contribution is 2.14. The molecule has 124 valence electrons. The topological polar surface area (TPSA) is 78.6 Å². The van der Waals surface area contributed by atoms with Crippen molar-refractivity contribution in [3.05, 3.63) is 47.5 Å². The summed E-state index contributed by atoms with van der Waals surface area (Å²) in [5.41, 5.74) is 1.45. The summed E-state index contributed by atoms with van der Waals surface area (Å²) >= 11 is 0. The summed E-state index contributed by atoms with van der Waals surface area (Å²) in [5.74, 6) is -0.708. The van der Waals surface area contributed by atoms with Crippen LogP contribution in [0.2, 0.25) is 0 Å². The van der Waals surface area contributed by atoms with E-state index in [9.17, 15) is 9.18 Å². The van der Waals surface area contributed by atoms with Gasteiger partial charge in [-0.25, -0.2) is 9.07 Å². The van der Waals surface area contributed by atoms with Crippen LogP contribution in [-0.4, -0.2) is 57.1 Å². The first-order valence-corrected chi connectivity index (χ1v) is 7.40. The number of rotatable bonds is 7.